The van der Waals surface area contributed by atoms with Crippen LogP contribution in [0.3, 0.4) is 0 Å². The van der Waals surface area contributed by atoms with Crippen LogP contribution in [-0.4, -0.2) is 32.7 Å². The van der Waals surface area contributed by atoms with E-state index in [9.17, 15) is 9.18 Å². The molecule has 25 heavy (non-hydrogen) atoms. The minimum Gasteiger partial charge on any atom is -0.368 e. The van der Waals surface area contributed by atoms with Crippen molar-refractivity contribution < 1.29 is 9.18 Å². The van der Waals surface area contributed by atoms with Crippen LogP contribution in [0.4, 0.5) is 20.8 Å². The molecule has 2 amide bonds. The Morgan fingerprint density at radius 2 is 2.16 bits per heavy atom. The molecule has 9 heteroatoms. The standard InChI is InChI=1S/C16H18FN7O/c1-3-18-15-11-8-20-14(6-13(11)23-24-15)22-16(25)21-9(2)12-5-4-10(17)7-19-12/h4-9H,3H2,1-2H3,(H2,18,23,24)(H2,20,21,22,25). The van der Waals surface area contributed by atoms with Gasteiger partial charge < -0.3 is 10.6 Å². The Labute approximate surface area is 143 Å². The van der Waals surface area contributed by atoms with E-state index >= 15 is 0 Å². The summed E-state index contributed by atoms with van der Waals surface area (Å²) in [5.41, 5.74) is 1.32. The molecule has 4 N–H and O–H groups in total. The molecule has 0 aromatic carbocycles. The van der Waals surface area contributed by atoms with Crippen molar-refractivity contribution in [1.29, 1.82) is 0 Å². The molecule has 0 radical (unpaired) electrons. The highest BCUT2D eigenvalue weighted by Crippen LogP contribution is 2.21. The van der Waals surface area contributed by atoms with Crippen molar-refractivity contribution in [3.05, 3.63) is 42.1 Å². The maximum Gasteiger partial charge on any atom is 0.320 e. The summed E-state index contributed by atoms with van der Waals surface area (Å²) < 4.78 is 12.9. The number of carbonyl (C=O) groups is 1. The van der Waals surface area contributed by atoms with E-state index in [2.05, 4.69) is 36.1 Å². The Bertz CT molecular complexity index is 878. The number of halogens is 1. The molecule has 3 rings (SSSR count). The highest BCUT2D eigenvalue weighted by Gasteiger charge is 2.12. The Morgan fingerprint density at radius 1 is 1.32 bits per heavy atom. The average Bonchev–Trinajstić information content (AvgIpc) is 2.98. The molecule has 0 bridgehead atoms. The van der Waals surface area contributed by atoms with Gasteiger partial charge in [0, 0.05) is 18.8 Å². The smallest absolute Gasteiger partial charge is 0.320 e. The maximum atomic E-state index is 12.9. The van der Waals surface area contributed by atoms with E-state index in [1.807, 2.05) is 6.92 Å². The summed E-state index contributed by atoms with van der Waals surface area (Å²) >= 11 is 0. The van der Waals surface area contributed by atoms with Crippen molar-refractivity contribution in [1.82, 2.24) is 25.5 Å². The van der Waals surface area contributed by atoms with Crippen molar-refractivity contribution in [2.24, 2.45) is 0 Å². The van der Waals surface area contributed by atoms with Gasteiger partial charge in [0.15, 0.2) is 5.82 Å². The lowest BCUT2D eigenvalue weighted by molar-refractivity contribution is 0.249. The number of urea groups is 1. The first-order valence-electron chi connectivity index (χ1n) is 7.83. The monoisotopic (exact) mass is 343 g/mol. The minimum absolute atomic E-state index is 0.378. The lowest BCUT2D eigenvalue weighted by Crippen LogP contribution is -2.31. The van der Waals surface area contributed by atoms with Gasteiger partial charge in [0.1, 0.15) is 11.6 Å². The molecule has 1 atom stereocenters. The molecule has 130 valence electrons. The summed E-state index contributed by atoms with van der Waals surface area (Å²) in [6, 6.07) is 3.71. The van der Waals surface area contributed by atoms with Gasteiger partial charge in [-0.05, 0) is 26.0 Å². The van der Waals surface area contributed by atoms with Gasteiger partial charge in [-0.2, -0.15) is 5.10 Å². The predicted octanol–water partition coefficient (Wildman–Crippen LogP) is 2.81. The van der Waals surface area contributed by atoms with Crippen LogP contribution in [0.2, 0.25) is 0 Å². The number of nitrogens with zero attached hydrogens (tertiary/aromatic N) is 3. The largest absolute Gasteiger partial charge is 0.368 e. The highest BCUT2D eigenvalue weighted by atomic mass is 19.1. The number of rotatable bonds is 5. The van der Waals surface area contributed by atoms with Crippen LogP contribution in [0.25, 0.3) is 10.9 Å². The zero-order valence-electron chi connectivity index (χ0n) is 13.8. The fraction of sp³-hybridized carbons (Fsp3) is 0.250. The summed E-state index contributed by atoms with van der Waals surface area (Å²) in [5.74, 6) is 0.683. The SMILES string of the molecule is CCNc1n[nH]c2cc(NC(=O)NC(C)c3ccc(F)cn3)ncc12. The van der Waals surface area contributed by atoms with E-state index in [-0.39, 0.29) is 6.04 Å². The Morgan fingerprint density at radius 3 is 2.88 bits per heavy atom. The van der Waals surface area contributed by atoms with Crippen molar-refractivity contribution in [3.63, 3.8) is 0 Å². The molecule has 0 saturated carbocycles. The number of aromatic amines is 1. The number of fused-ring (bicyclic) bond motifs is 1. The molecular weight excluding hydrogens is 325 g/mol. The Kier molecular flexibility index (Phi) is 4.73. The second-order valence-electron chi connectivity index (χ2n) is 5.44. The summed E-state index contributed by atoms with van der Waals surface area (Å²) in [5, 5.41) is 16.4. The summed E-state index contributed by atoms with van der Waals surface area (Å²) in [6.45, 7) is 4.48. The maximum absolute atomic E-state index is 12.9. The van der Waals surface area contributed by atoms with Gasteiger partial charge in [-0.3, -0.25) is 15.4 Å². The molecule has 0 saturated heterocycles. The second kappa shape index (κ2) is 7.12. The number of nitrogens with one attached hydrogen (secondary N) is 4. The predicted molar refractivity (Wildman–Crippen MR) is 92.8 cm³/mol. The first-order valence-corrected chi connectivity index (χ1v) is 7.83. The summed E-state index contributed by atoms with van der Waals surface area (Å²) in [6.07, 6.45) is 2.75. The third-order valence-electron chi connectivity index (χ3n) is 3.57. The number of pyridine rings is 2. The number of H-pyrrole nitrogens is 1. The normalized spacial score (nSPS) is 12.0. The molecule has 0 aliphatic heterocycles. The quantitative estimate of drug-likeness (QED) is 0.570. The van der Waals surface area contributed by atoms with Crippen LogP contribution >= 0.6 is 0 Å². The molecule has 3 heterocycles. The molecule has 8 nitrogen and oxygen atoms in total. The second-order valence-corrected chi connectivity index (χ2v) is 5.44. The van der Waals surface area contributed by atoms with Gasteiger partial charge in [0.2, 0.25) is 0 Å². The fourth-order valence-electron chi connectivity index (χ4n) is 2.35. The minimum atomic E-state index is -0.433. The van der Waals surface area contributed by atoms with Crippen LogP contribution in [-0.2, 0) is 0 Å². The number of hydrogen-bond donors (Lipinski definition) is 4. The summed E-state index contributed by atoms with van der Waals surface area (Å²) in [4.78, 5) is 20.3. The molecule has 3 aromatic heterocycles. The number of hydrogen-bond acceptors (Lipinski definition) is 5. The number of carbonyl (C=O) groups excluding carboxylic acids is 1. The molecule has 0 fully saturated rings. The molecule has 0 spiro atoms. The van der Waals surface area contributed by atoms with Gasteiger partial charge in [-0.15, -0.1) is 0 Å². The first-order chi connectivity index (χ1) is 12.1. The van der Waals surface area contributed by atoms with Crippen molar-refractivity contribution in [2.45, 2.75) is 19.9 Å². The molecule has 1 unspecified atom stereocenters. The molecule has 0 aliphatic rings. The van der Waals surface area contributed by atoms with Gasteiger partial charge in [-0.25, -0.2) is 14.2 Å². The van der Waals surface area contributed by atoms with Crippen LogP contribution in [0.15, 0.2) is 30.6 Å². The lowest BCUT2D eigenvalue weighted by atomic mass is 10.2. The number of amides is 2. The highest BCUT2D eigenvalue weighted by molar-refractivity contribution is 5.94. The van der Waals surface area contributed by atoms with Crippen molar-refractivity contribution >= 4 is 28.6 Å². The lowest BCUT2D eigenvalue weighted by Gasteiger charge is -2.13. The third kappa shape index (κ3) is 3.82. The van der Waals surface area contributed by atoms with Gasteiger partial charge in [0.25, 0.3) is 0 Å². The van der Waals surface area contributed by atoms with Crippen LogP contribution in [0.5, 0.6) is 0 Å². The first kappa shape index (κ1) is 16.6. The van der Waals surface area contributed by atoms with E-state index < -0.39 is 11.8 Å². The fourth-order valence-corrected chi connectivity index (χ4v) is 2.35. The van der Waals surface area contributed by atoms with E-state index in [0.29, 0.717) is 11.5 Å². The average molecular weight is 343 g/mol. The van der Waals surface area contributed by atoms with Crippen LogP contribution in [0, 0.1) is 5.82 Å². The van der Waals surface area contributed by atoms with E-state index in [1.165, 1.54) is 12.1 Å². The van der Waals surface area contributed by atoms with Gasteiger partial charge in [0.05, 0.1) is 28.8 Å². The van der Waals surface area contributed by atoms with Gasteiger partial charge >= 0.3 is 6.03 Å². The van der Waals surface area contributed by atoms with E-state index in [0.717, 1.165) is 29.5 Å². The number of anilines is 2. The van der Waals surface area contributed by atoms with Crippen molar-refractivity contribution in [2.75, 3.05) is 17.2 Å². The number of aromatic nitrogens is 4. The zero-order valence-corrected chi connectivity index (χ0v) is 13.8. The Hall–Kier alpha value is -3.23. The molecule has 3 aromatic rings. The molecular formula is C16H18FN7O. The zero-order chi connectivity index (χ0) is 17.8. The summed E-state index contributed by atoms with van der Waals surface area (Å²) in [7, 11) is 0. The van der Waals surface area contributed by atoms with Crippen LogP contribution < -0.4 is 16.0 Å². The third-order valence-corrected chi connectivity index (χ3v) is 3.57. The van der Waals surface area contributed by atoms with Crippen LogP contribution in [0.1, 0.15) is 25.6 Å². The van der Waals surface area contributed by atoms with E-state index in [1.54, 1.807) is 19.2 Å². The van der Waals surface area contributed by atoms with Gasteiger partial charge in [-0.1, -0.05) is 0 Å². The topological polar surface area (TPSA) is 108 Å². The Balaban J connectivity index is 1.66. The van der Waals surface area contributed by atoms with E-state index in [4.69, 9.17) is 0 Å². The van der Waals surface area contributed by atoms with Crippen molar-refractivity contribution in [3.8, 4) is 0 Å². The molecule has 0 aliphatic carbocycles.